The standard InChI is InChI=1S/C22H31N3O3/c1-4-16-5-7-17(8-6-16)22(28)24-13-11-18(12-14-24)25-19(9-10-20(25)26)21(27)23-15(2)3/h5-8,15,18-19H,4,9-14H2,1-3H3,(H,23,27). The molecule has 2 fully saturated rings. The highest BCUT2D eigenvalue weighted by atomic mass is 16.2. The summed E-state index contributed by atoms with van der Waals surface area (Å²) in [7, 11) is 0. The number of amides is 3. The van der Waals surface area contributed by atoms with Crippen LogP contribution in [-0.4, -0.2) is 58.7 Å². The van der Waals surface area contributed by atoms with Crippen molar-refractivity contribution in [2.24, 2.45) is 0 Å². The van der Waals surface area contributed by atoms with E-state index in [1.54, 1.807) is 4.90 Å². The van der Waals surface area contributed by atoms with Gasteiger partial charge in [-0.15, -0.1) is 0 Å². The Balaban J connectivity index is 1.61. The van der Waals surface area contributed by atoms with E-state index in [-0.39, 0.29) is 35.8 Å². The summed E-state index contributed by atoms with van der Waals surface area (Å²) in [6.45, 7) is 7.17. The minimum atomic E-state index is -0.372. The predicted octanol–water partition coefficient (Wildman–Crippen LogP) is 2.37. The van der Waals surface area contributed by atoms with Crippen molar-refractivity contribution in [2.75, 3.05) is 13.1 Å². The summed E-state index contributed by atoms with van der Waals surface area (Å²) in [5.74, 6) is 0.0437. The molecule has 0 saturated carbocycles. The van der Waals surface area contributed by atoms with E-state index in [2.05, 4.69) is 12.2 Å². The second kappa shape index (κ2) is 8.76. The first kappa shape index (κ1) is 20.4. The number of nitrogens with one attached hydrogen (secondary N) is 1. The molecule has 2 aliphatic rings. The Morgan fingerprint density at radius 2 is 1.75 bits per heavy atom. The van der Waals surface area contributed by atoms with Crippen LogP contribution in [0, 0.1) is 0 Å². The minimum absolute atomic E-state index is 0.0319. The van der Waals surface area contributed by atoms with Crippen molar-refractivity contribution in [3.63, 3.8) is 0 Å². The molecule has 3 amide bonds. The highest BCUT2D eigenvalue weighted by Crippen LogP contribution is 2.28. The molecule has 2 saturated heterocycles. The Morgan fingerprint density at radius 3 is 2.32 bits per heavy atom. The summed E-state index contributed by atoms with van der Waals surface area (Å²) in [4.78, 5) is 41.3. The van der Waals surface area contributed by atoms with Crippen LogP contribution in [0.2, 0.25) is 0 Å². The van der Waals surface area contributed by atoms with Gasteiger partial charge in [0.1, 0.15) is 6.04 Å². The molecular weight excluding hydrogens is 354 g/mol. The second-order valence-corrected chi connectivity index (χ2v) is 8.09. The molecule has 0 bridgehead atoms. The van der Waals surface area contributed by atoms with Crippen molar-refractivity contribution >= 4 is 17.7 Å². The molecule has 3 rings (SSSR count). The van der Waals surface area contributed by atoms with Gasteiger partial charge in [0.05, 0.1) is 0 Å². The van der Waals surface area contributed by atoms with Crippen LogP contribution in [0.4, 0.5) is 0 Å². The first-order chi connectivity index (χ1) is 13.4. The predicted molar refractivity (Wildman–Crippen MR) is 108 cm³/mol. The first-order valence-electron chi connectivity index (χ1n) is 10.4. The Morgan fingerprint density at radius 1 is 1.11 bits per heavy atom. The van der Waals surface area contributed by atoms with E-state index in [4.69, 9.17) is 0 Å². The number of rotatable bonds is 5. The number of carbonyl (C=O) groups is 3. The van der Waals surface area contributed by atoms with Gasteiger partial charge in [0, 0.05) is 37.2 Å². The lowest BCUT2D eigenvalue weighted by atomic mass is 10.0. The Hall–Kier alpha value is -2.37. The van der Waals surface area contributed by atoms with Gasteiger partial charge in [0.15, 0.2) is 0 Å². The van der Waals surface area contributed by atoms with Crippen LogP contribution in [0.25, 0.3) is 0 Å². The molecule has 0 radical (unpaired) electrons. The SMILES string of the molecule is CCc1ccc(C(=O)N2CCC(N3C(=O)CCC3C(=O)NC(C)C)CC2)cc1. The number of hydrogen-bond donors (Lipinski definition) is 1. The molecule has 1 atom stereocenters. The number of likely N-dealkylation sites (tertiary alicyclic amines) is 2. The number of benzene rings is 1. The molecule has 6 heteroatoms. The lowest BCUT2D eigenvalue weighted by Crippen LogP contribution is -2.54. The molecule has 152 valence electrons. The maximum absolute atomic E-state index is 12.8. The molecule has 0 aliphatic carbocycles. The highest BCUT2D eigenvalue weighted by Gasteiger charge is 2.41. The summed E-state index contributed by atoms with van der Waals surface area (Å²) in [6, 6.07) is 7.51. The number of piperidine rings is 1. The van der Waals surface area contributed by atoms with Gasteiger partial charge in [0.25, 0.3) is 5.91 Å². The zero-order valence-electron chi connectivity index (χ0n) is 17.1. The topological polar surface area (TPSA) is 69.7 Å². The van der Waals surface area contributed by atoms with Crippen LogP contribution in [0.1, 0.15) is 62.4 Å². The third kappa shape index (κ3) is 4.37. The maximum Gasteiger partial charge on any atom is 0.253 e. The average molecular weight is 386 g/mol. The number of nitrogens with zero attached hydrogens (tertiary/aromatic N) is 2. The Labute approximate surface area is 167 Å². The third-order valence-electron chi connectivity index (χ3n) is 5.74. The van der Waals surface area contributed by atoms with Crippen molar-refractivity contribution in [1.29, 1.82) is 0 Å². The fourth-order valence-electron chi connectivity index (χ4n) is 4.21. The normalized spacial score (nSPS) is 20.7. The zero-order chi connectivity index (χ0) is 20.3. The Kier molecular flexibility index (Phi) is 6.37. The fourth-order valence-corrected chi connectivity index (χ4v) is 4.21. The van der Waals surface area contributed by atoms with E-state index in [0.29, 0.717) is 31.5 Å². The highest BCUT2D eigenvalue weighted by molar-refractivity contribution is 5.94. The van der Waals surface area contributed by atoms with E-state index in [0.717, 1.165) is 19.3 Å². The molecular formula is C22H31N3O3. The molecule has 1 N–H and O–H groups in total. The monoisotopic (exact) mass is 385 g/mol. The van der Waals surface area contributed by atoms with E-state index in [1.165, 1.54) is 5.56 Å². The van der Waals surface area contributed by atoms with Gasteiger partial charge in [-0.2, -0.15) is 0 Å². The molecule has 1 unspecified atom stereocenters. The summed E-state index contributed by atoms with van der Waals surface area (Å²) in [5, 5.41) is 2.93. The van der Waals surface area contributed by atoms with Crippen LogP contribution in [-0.2, 0) is 16.0 Å². The van der Waals surface area contributed by atoms with Gasteiger partial charge in [0.2, 0.25) is 11.8 Å². The van der Waals surface area contributed by atoms with Crippen molar-refractivity contribution in [3.8, 4) is 0 Å². The number of carbonyl (C=O) groups excluding carboxylic acids is 3. The minimum Gasteiger partial charge on any atom is -0.352 e. The van der Waals surface area contributed by atoms with Gasteiger partial charge in [-0.3, -0.25) is 14.4 Å². The molecule has 1 aromatic rings. The van der Waals surface area contributed by atoms with E-state index < -0.39 is 0 Å². The van der Waals surface area contributed by atoms with Crippen molar-refractivity contribution in [2.45, 2.75) is 71.0 Å². The van der Waals surface area contributed by atoms with Crippen molar-refractivity contribution in [1.82, 2.24) is 15.1 Å². The fraction of sp³-hybridized carbons (Fsp3) is 0.591. The zero-order valence-corrected chi connectivity index (χ0v) is 17.1. The first-order valence-corrected chi connectivity index (χ1v) is 10.4. The summed E-state index contributed by atoms with van der Waals surface area (Å²) in [6.07, 6.45) is 3.40. The second-order valence-electron chi connectivity index (χ2n) is 8.09. The van der Waals surface area contributed by atoms with Gasteiger partial charge in [-0.1, -0.05) is 19.1 Å². The van der Waals surface area contributed by atoms with Crippen molar-refractivity contribution in [3.05, 3.63) is 35.4 Å². The van der Waals surface area contributed by atoms with Gasteiger partial charge >= 0.3 is 0 Å². The smallest absolute Gasteiger partial charge is 0.253 e. The average Bonchev–Trinajstić information content (AvgIpc) is 3.09. The molecule has 2 heterocycles. The quantitative estimate of drug-likeness (QED) is 0.846. The lowest BCUT2D eigenvalue weighted by Gasteiger charge is -2.39. The van der Waals surface area contributed by atoms with Gasteiger partial charge in [-0.05, 0) is 57.2 Å². The summed E-state index contributed by atoms with van der Waals surface area (Å²) in [5.41, 5.74) is 1.93. The number of hydrogen-bond acceptors (Lipinski definition) is 3. The maximum atomic E-state index is 12.8. The summed E-state index contributed by atoms with van der Waals surface area (Å²) < 4.78 is 0. The molecule has 2 aliphatic heterocycles. The van der Waals surface area contributed by atoms with Crippen LogP contribution in [0.15, 0.2) is 24.3 Å². The van der Waals surface area contributed by atoms with Crippen LogP contribution in [0.5, 0.6) is 0 Å². The molecule has 28 heavy (non-hydrogen) atoms. The van der Waals surface area contributed by atoms with E-state index in [1.807, 2.05) is 43.0 Å². The van der Waals surface area contributed by atoms with E-state index in [9.17, 15) is 14.4 Å². The third-order valence-corrected chi connectivity index (χ3v) is 5.74. The lowest BCUT2D eigenvalue weighted by molar-refractivity contribution is -0.138. The molecule has 0 aromatic heterocycles. The molecule has 6 nitrogen and oxygen atoms in total. The van der Waals surface area contributed by atoms with Crippen LogP contribution >= 0.6 is 0 Å². The number of aryl methyl sites for hydroxylation is 1. The summed E-state index contributed by atoms with van der Waals surface area (Å²) >= 11 is 0. The van der Waals surface area contributed by atoms with Gasteiger partial charge < -0.3 is 15.1 Å². The Bertz CT molecular complexity index is 721. The largest absolute Gasteiger partial charge is 0.352 e. The van der Waals surface area contributed by atoms with Gasteiger partial charge in [-0.25, -0.2) is 0 Å². The van der Waals surface area contributed by atoms with Crippen molar-refractivity contribution < 1.29 is 14.4 Å². The molecule has 0 spiro atoms. The van der Waals surface area contributed by atoms with Crippen LogP contribution in [0.3, 0.4) is 0 Å². The van der Waals surface area contributed by atoms with E-state index >= 15 is 0 Å². The van der Waals surface area contributed by atoms with Crippen LogP contribution < -0.4 is 5.32 Å². The molecule has 1 aromatic carbocycles.